The quantitative estimate of drug-likeness (QED) is 0.224. The molecule has 1 rings (SSSR count). The molecule has 5 atom stereocenters. The summed E-state index contributed by atoms with van der Waals surface area (Å²) in [6, 6.07) is -1.00. The molecule has 12 nitrogen and oxygen atoms in total. The number of nitrogens with two attached hydrogens (primary N) is 1. The van der Waals surface area contributed by atoms with Crippen LogP contribution in [-0.2, 0) is 47.6 Å². The van der Waals surface area contributed by atoms with Crippen LogP contribution >= 0.6 is 0 Å². The molecular formula is C18H30N2O10. The largest absolute Gasteiger partial charge is 0.463 e. The van der Waals surface area contributed by atoms with E-state index in [9.17, 15) is 19.2 Å². The summed E-state index contributed by atoms with van der Waals surface area (Å²) >= 11 is 0. The van der Waals surface area contributed by atoms with Gasteiger partial charge in [0.15, 0.2) is 18.5 Å². The van der Waals surface area contributed by atoms with Crippen LogP contribution in [0.4, 0.5) is 0 Å². The molecule has 12 heteroatoms. The molecule has 3 N–H and O–H groups in total. The molecule has 0 spiro atoms. The SMILES string of the molecule is CC(=O)N[C@@H]1C(OCCOCCN)OC(COC(C)=O)C(OC(C)=O)C1OC(C)=O. The average Bonchev–Trinajstić information content (AvgIpc) is 2.63. The maximum absolute atomic E-state index is 11.8. The summed E-state index contributed by atoms with van der Waals surface area (Å²) in [5.41, 5.74) is 5.36. The molecule has 1 aliphatic heterocycles. The van der Waals surface area contributed by atoms with Crippen LogP contribution in [0.25, 0.3) is 0 Å². The zero-order valence-corrected chi connectivity index (χ0v) is 17.6. The first-order valence-corrected chi connectivity index (χ1v) is 9.45. The van der Waals surface area contributed by atoms with Gasteiger partial charge in [-0.2, -0.15) is 0 Å². The predicted molar refractivity (Wildman–Crippen MR) is 99.8 cm³/mol. The third kappa shape index (κ3) is 9.03. The first-order chi connectivity index (χ1) is 14.1. The summed E-state index contributed by atoms with van der Waals surface area (Å²) in [6.45, 7) is 5.47. The van der Waals surface area contributed by atoms with Gasteiger partial charge in [-0.05, 0) is 0 Å². The summed E-state index contributed by atoms with van der Waals surface area (Å²) in [5, 5.41) is 2.60. The first-order valence-electron chi connectivity index (χ1n) is 9.45. The van der Waals surface area contributed by atoms with E-state index in [0.29, 0.717) is 13.2 Å². The van der Waals surface area contributed by atoms with E-state index in [0.717, 1.165) is 0 Å². The number of esters is 3. The van der Waals surface area contributed by atoms with Crippen LogP contribution < -0.4 is 11.1 Å². The van der Waals surface area contributed by atoms with Crippen molar-refractivity contribution in [1.82, 2.24) is 5.32 Å². The van der Waals surface area contributed by atoms with Crippen molar-refractivity contribution in [2.45, 2.75) is 58.3 Å². The highest BCUT2D eigenvalue weighted by Gasteiger charge is 2.51. The highest BCUT2D eigenvalue weighted by molar-refractivity contribution is 5.73. The summed E-state index contributed by atoms with van der Waals surface area (Å²) in [4.78, 5) is 46.4. The number of carbonyl (C=O) groups is 4. The molecule has 0 aromatic rings. The smallest absolute Gasteiger partial charge is 0.303 e. The summed E-state index contributed by atoms with van der Waals surface area (Å²) in [6.07, 6.45) is -4.43. The molecule has 0 bridgehead atoms. The molecule has 1 amide bonds. The minimum absolute atomic E-state index is 0.0755. The number of amides is 1. The third-order valence-corrected chi connectivity index (χ3v) is 3.84. The van der Waals surface area contributed by atoms with Crippen LogP contribution in [0.3, 0.4) is 0 Å². The van der Waals surface area contributed by atoms with Crippen molar-refractivity contribution < 1.29 is 47.6 Å². The molecular weight excluding hydrogens is 404 g/mol. The van der Waals surface area contributed by atoms with Crippen molar-refractivity contribution in [3.05, 3.63) is 0 Å². The highest BCUT2D eigenvalue weighted by Crippen LogP contribution is 2.28. The standard InChI is InChI=1S/C18H30N2O10/c1-10(21)20-15-17(29-13(4)24)16(28-12(3)23)14(9-27-11(2)22)30-18(15)26-8-7-25-6-5-19/h14-18H,5-9,19H2,1-4H3,(H,20,21)/t14?,15-,16?,17?,18?/m0/s1. The van der Waals surface area contributed by atoms with Gasteiger partial charge in [0.1, 0.15) is 18.8 Å². The lowest BCUT2D eigenvalue weighted by Gasteiger charge is -2.44. The molecule has 172 valence electrons. The molecule has 1 fully saturated rings. The monoisotopic (exact) mass is 434 g/mol. The maximum Gasteiger partial charge on any atom is 0.303 e. The van der Waals surface area contributed by atoms with Crippen LogP contribution in [0, 0.1) is 0 Å². The fourth-order valence-corrected chi connectivity index (χ4v) is 2.84. The van der Waals surface area contributed by atoms with Crippen molar-refractivity contribution in [2.75, 3.05) is 33.0 Å². The van der Waals surface area contributed by atoms with Crippen LogP contribution in [0.15, 0.2) is 0 Å². The van der Waals surface area contributed by atoms with Gasteiger partial charge in [0.05, 0.1) is 19.8 Å². The maximum atomic E-state index is 11.8. The predicted octanol–water partition coefficient (Wildman–Crippen LogP) is -1.37. The van der Waals surface area contributed by atoms with Gasteiger partial charge in [0, 0.05) is 34.2 Å². The Hall–Kier alpha value is -2.28. The lowest BCUT2D eigenvalue weighted by molar-refractivity contribution is -0.279. The number of rotatable bonds is 11. The Morgan fingerprint density at radius 1 is 0.900 bits per heavy atom. The Balaban J connectivity index is 3.13. The van der Waals surface area contributed by atoms with Gasteiger partial charge >= 0.3 is 17.9 Å². The van der Waals surface area contributed by atoms with Crippen molar-refractivity contribution in [3.63, 3.8) is 0 Å². The minimum atomic E-state index is -1.16. The Morgan fingerprint density at radius 2 is 1.53 bits per heavy atom. The van der Waals surface area contributed by atoms with E-state index in [1.54, 1.807) is 0 Å². The Labute approximate surface area is 174 Å². The Kier molecular flexibility index (Phi) is 11.3. The van der Waals surface area contributed by atoms with E-state index in [1.807, 2.05) is 0 Å². The van der Waals surface area contributed by atoms with Gasteiger partial charge in [-0.3, -0.25) is 19.2 Å². The van der Waals surface area contributed by atoms with Gasteiger partial charge in [0.2, 0.25) is 5.91 Å². The molecule has 0 saturated carbocycles. The van der Waals surface area contributed by atoms with Crippen molar-refractivity contribution in [1.29, 1.82) is 0 Å². The number of carbonyl (C=O) groups excluding carboxylic acids is 4. The van der Waals surface area contributed by atoms with Gasteiger partial charge in [-0.15, -0.1) is 0 Å². The fourth-order valence-electron chi connectivity index (χ4n) is 2.84. The Morgan fingerprint density at radius 3 is 2.07 bits per heavy atom. The molecule has 1 saturated heterocycles. The van der Waals surface area contributed by atoms with E-state index in [1.165, 1.54) is 27.7 Å². The molecule has 0 aromatic carbocycles. The zero-order chi connectivity index (χ0) is 22.7. The van der Waals surface area contributed by atoms with Crippen LogP contribution in [0.1, 0.15) is 27.7 Å². The molecule has 4 unspecified atom stereocenters. The molecule has 1 heterocycles. The topological polar surface area (TPSA) is 162 Å². The van der Waals surface area contributed by atoms with Gasteiger partial charge < -0.3 is 39.5 Å². The lowest BCUT2D eigenvalue weighted by Crippen LogP contribution is -2.66. The Bertz CT molecular complexity index is 600. The number of hydrogen-bond acceptors (Lipinski definition) is 11. The minimum Gasteiger partial charge on any atom is -0.463 e. The van der Waals surface area contributed by atoms with Crippen LogP contribution in [-0.4, -0.2) is 87.4 Å². The summed E-state index contributed by atoms with van der Waals surface area (Å²) in [7, 11) is 0. The summed E-state index contributed by atoms with van der Waals surface area (Å²) in [5.74, 6) is -2.38. The summed E-state index contributed by atoms with van der Waals surface area (Å²) < 4.78 is 32.4. The van der Waals surface area contributed by atoms with E-state index in [-0.39, 0.29) is 19.8 Å². The molecule has 1 aliphatic rings. The molecule has 0 radical (unpaired) electrons. The normalized spacial score (nSPS) is 25.8. The second-order valence-corrected chi connectivity index (χ2v) is 6.49. The van der Waals surface area contributed by atoms with Gasteiger partial charge in [-0.25, -0.2) is 0 Å². The van der Waals surface area contributed by atoms with Crippen molar-refractivity contribution in [2.24, 2.45) is 5.73 Å². The van der Waals surface area contributed by atoms with Crippen molar-refractivity contribution >= 4 is 23.8 Å². The van der Waals surface area contributed by atoms with Crippen LogP contribution in [0.5, 0.6) is 0 Å². The van der Waals surface area contributed by atoms with E-state index in [2.05, 4.69) is 5.32 Å². The number of hydrogen-bond donors (Lipinski definition) is 2. The van der Waals surface area contributed by atoms with E-state index in [4.69, 9.17) is 34.2 Å². The number of ether oxygens (including phenoxy) is 6. The van der Waals surface area contributed by atoms with Crippen molar-refractivity contribution in [3.8, 4) is 0 Å². The number of nitrogens with one attached hydrogen (secondary N) is 1. The highest BCUT2D eigenvalue weighted by atomic mass is 16.7. The third-order valence-electron chi connectivity index (χ3n) is 3.84. The second kappa shape index (κ2) is 13.1. The lowest BCUT2D eigenvalue weighted by atomic mass is 9.96. The van der Waals surface area contributed by atoms with Gasteiger partial charge in [0.25, 0.3) is 0 Å². The molecule has 0 aliphatic carbocycles. The fraction of sp³-hybridized carbons (Fsp3) is 0.778. The molecule has 0 aromatic heterocycles. The average molecular weight is 434 g/mol. The van der Waals surface area contributed by atoms with E-state index < -0.39 is 54.5 Å². The van der Waals surface area contributed by atoms with Gasteiger partial charge in [-0.1, -0.05) is 0 Å². The molecule has 30 heavy (non-hydrogen) atoms. The zero-order valence-electron chi connectivity index (χ0n) is 17.6. The second-order valence-electron chi connectivity index (χ2n) is 6.49. The first kappa shape index (κ1) is 25.8. The van der Waals surface area contributed by atoms with Crippen LogP contribution in [0.2, 0.25) is 0 Å². The van der Waals surface area contributed by atoms with E-state index >= 15 is 0 Å².